The molecule has 2 rings (SSSR count). The van der Waals surface area contributed by atoms with Gasteiger partial charge in [0.1, 0.15) is 12.4 Å². The van der Waals surface area contributed by atoms with Crippen LogP contribution in [0.3, 0.4) is 0 Å². The maximum absolute atomic E-state index is 11.2. The highest BCUT2D eigenvalue weighted by molar-refractivity contribution is 7.92. The molecule has 0 bridgehead atoms. The summed E-state index contributed by atoms with van der Waals surface area (Å²) in [5.74, 6) is 1.39. The van der Waals surface area contributed by atoms with E-state index in [2.05, 4.69) is 41.0 Å². The third kappa shape index (κ3) is 7.57. The van der Waals surface area contributed by atoms with Gasteiger partial charge < -0.3 is 15.8 Å². The molecule has 0 aliphatic rings. The molecule has 0 radical (unpaired) electrons. The Balaban J connectivity index is 1.80. The topological polar surface area (TPSA) is 106 Å². The number of ether oxygens (including phenoxy) is 1. The Bertz CT molecular complexity index is 878. The zero-order valence-corrected chi connectivity index (χ0v) is 16.6. The van der Waals surface area contributed by atoms with E-state index in [1.54, 1.807) is 24.3 Å². The molecule has 27 heavy (non-hydrogen) atoms. The molecule has 0 aliphatic heterocycles. The minimum absolute atomic E-state index is 0.326. The number of sulfonamides is 1. The summed E-state index contributed by atoms with van der Waals surface area (Å²) in [5, 5.41) is 3.07. The van der Waals surface area contributed by atoms with Gasteiger partial charge in [-0.25, -0.2) is 13.4 Å². The fourth-order valence-corrected chi connectivity index (χ4v) is 2.89. The number of guanidine groups is 1. The van der Waals surface area contributed by atoms with Crippen LogP contribution in [0.15, 0.2) is 53.5 Å². The maximum Gasteiger partial charge on any atom is 0.229 e. The number of anilines is 2. The second-order valence-corrected chi connectivity index (χ2v) is 8.17. The Morgan fingerprint density at radius 3 is 2.48 bits per heavy atom. The van der Waals surface area contributed by atoms with Gasteiger partial charge in [0, 0.05) is 11.4 Å². The lowest BCUT2D eigenvalue weighted by Gasteiger charge is -2.10. The van der Waals surface area contributed by atoms with Crippen molar-refractivity contribution in [2.24, 2.45) is 10.7 Å². The van der Waals surface area contributed by atoms with Crippen molar-refractivity contribution in [3.63, 3.8) is 0 Å². The highest BCUT2D eigenvalue weighted by Gasteiger charge is 2.03. The van der Waals surface area contributed by atoms with Crippen molar-refractivity contribution in [2.45, 2.75) is 19.8 Å². The lowest BCUT2D eigenvalue weighted by atomic mass is 10.0. The van der Waals surface area contributed by atoms with Gasteiger partial charge in [-0.1, -0.05) is 26.0 Å². The average Bonchev–Trinajstić information content (AvgIpc) is 2.59. The number of aliphatic imine (C=N–C) groups is 1. The van der Waals surface area contributed by atoms with Crippen LogP contribution in [0.25, 0.3) is 0 Å². The Morgan fingerprint density at radius 2 is 1.85 bits per heavy atom. The van der Waals surface area contributed by atoms with Crippen LogP contribution in [0.5, 0.6) is 5.75 Å². The van der Waals surface area contributed by atoms with Crippen molar-refractivity contribution in [3.05, 3.63) is 54.1 Å². The lowest BCUT2D eigenvalue weighted by Crippen LogP contribution is -2.23. The molecule has 2 aromatic carbocycles. The standard InChI is InChI=1S/C19H26N4O3S/c1-14(2)15-5-4-6-17(13-15)22-19(20)21-11-12-26-18-9-7-16(8-10-18)23-27(3,24)25/h4-10,13-14,23H,11-12H2,1-3H3,(H3,20,21,22). The predicted octanol–water partition coefficient (Wildman–Crippen LogP) is 2.99. The number of hydrogen-bond donors (Lipinski definition) is 3. The van der Waals surface area contributed by atoms with Gasteiger partial charge in [0.05, 0.1) is 12.8 Å². The van der Waals surface area contributed by atoms with E-state index in [0.29, 0.717) is 36.5 Å². The van der Waals surface area contributed by atoms with E-state index in [0.717, 1.165) is 11.9 Å². The molecule has 7 nitrogen and oxygen atoms in total. The molecule has 4 N–H and O–H groups in total. The molecule has 0 heterocycles. The third-order valence-electron chi connectivity index (χ3n) is 3.63. The van der Waals surface area contributed by atoms with Crippen molar-refractivity contribution in [2.75, 3.05) is 29.4 Å². The highest BCUT2D eigenvalue weighted by Crippen LogP contribution is 2.18. The summed E-state index contributed by atoms with van der Waals surface area (Å²) >= 11 is 0. The van der Waals surface area contributed by atoms with Crippen LogP contribution in [0, 0.1) is 0 Å². The first-order valence-electron chi connectivity index (χ1n) is 8.60. The minimum atomic E-state index is -3.28. The fourth-order valence-electron chi connectivity index (χ4n) is 2.33. The molecular formula is C19H26N4O3S. The first-order chi connectivity index (χ1) is 12.7. The summed E-state index contributed by atoms with van der Waals surface area (Å²) in [6.45, 7) is 5.02. The van der Waals surface area contributed by atoms with Crippen LogP contribution in [-0.4, -0.2) is 33.8 Å². The van der Waals surface area contributed by atoms with Gasteiger partial charge in [0.25, 0.3) is 0 Å². The van der Waals surface area contributed by atoms with E-state index in [9.17, 15) is 8.42 Å². The summed E-state index contributed by atoms with van der Waals surface area (Å²) < 4.78 is 30.3. The van der Waals surface area contributed by atoms with Crippen LogP contribution in [-0.2, 0) is 10.0 Å². The SMILES string of the molecule is CC(C)c1cccc(NC(N)=NCCOc2ccc(NS(C)(=O)=O)cc2)c1. The van der Waals surface area contributed by atoms with Crippen molar-refractivity contribution >= 4 is 27.4 Å². The highest BCUT2D eigenvalue weighted by atomic mass is 32.2. The maximum atomic E-state index is 11.2. The number of benzene rings is 2. The molecule has 0 saturated carbocycles. The molecule has 0 amide bonds. The van der Waals surface area contributed by atoms with Crippen molar-refractivity contribution in [1.82, 2.24) is 0 Å². The van der Waals surface area contributed by atoms with Crippen LogP contribution < -0.4 is 20.5 Å². The summed E-state index contributed by atoms with van der Waals surface area (Å²) in [4.78, 5) is 4.24. The van der Waals surface area contributed by atoms with Gasteiger partial charge in [0.15, 0.2) is 5.96 Å². The smallest absolute Gasteiger partial charge is 0.229 e. The second-order valence-electron chi connectivity index (χ2n) is 6.42. The molecule has 0 unspecified atom stereocenters. The molecule has 0 aliphatic carbocycles. The molecule has 146 valence electrons. The van der Waals surface area contributed by atoms with E-state index in [1.165, 1.54) is 5.56 Å². The van der Waals surface area contributed by atoms with Crippen molar-refractivity contribution < 1.29 is 13.2 Å². The first-order valence-corrected chi connectivity index (χ1v) is 10.5. The zero-order valence-electron chi connectivity index (χ0n) is 15.8. The van der Waals surface area contributed by atoms with Crippen LogP contribution in [0.4, 0.5) is 11.4 Å². The molecule has 8 heteroatoms. The molecule has 0 aromatic heterocycles. The average molecular weight is 391 g/mol. The van der Waals surface area contributed by atoms with Gasteiger partial charge >= 0.3 is 0 Å². The van der Waals surface area contributed by atoms with Gasteiger partial charge in [-0.15, -0.1) is 0 Å². The molecule has 0 fully saturated rings. The number of nitrogens with zero attached hydrogens (tertiary/aromatic N) is 1. The predicted molar refractivity (Wildman–Crippen MR) is 111 cm³/mol. The summed E-state index contributed by atoms with van der Waals surface area (Å²) in [6, 6.07) is 14.7. The second kappa shape index (κ2) is 9.27. The Kier molecular flexibility index (Phi) is 7.06. The zero-order chi connectivity index (χ0) is 19.9. The largest absolute Gasteiger partial charge is 0.492 e. The number of rotatable bonds is 8. The summed E-state index contributed by atoms with van der Waals surface area (Å²) in [7, 11) is -3.28. The molecular weight excluding hydrogens is 364 g/mol. The summed E-state index contributed by atoms with van der Waals surface area (Å²) in [5.41, 5.74) is 8.52. The van der Waals surface area contributed by atoms with Gasteiger partial charge in [0.2, 0.25) is 10.0 Å². The Morgan fingerprint density at radius 1 is 1.15 bits per heavy atom. The van der Waals surface area contributed by atoms with Crippen LogP contribution in [0.1, 0.15) is 25.3 Å². The Labute approximate surface area is 160 Å². The van der Waals surface area contributed by atoms with Crippen molar-refractivity contribution in [1.29, 1.82) is 0 Å². The quantitative estimate of drug-likeness (QED) is 0.365. The normalized spacial score (nSPS) is 12.1. The fraction of sp³-hybridized carbons (Fsp3) is 0.316. The van der Waals surface area contributed by atoms with E-state index < -0.39 is 10.0 Å². The van der Waals surface area contributed by atoms with Crippen molar-refractivity contribution in [3.8, 4) is 5.75 Å². The molecule has 2 aromatic rings. The third-order valence-corrected chi connectivity index (χ3v) is 4.23. The monoisotopic (exact) mass is 390 g/mol. The van der Waals surface area contributed by atoms with E-state index in [4.69, 9.17) is 10.5 Å². The first kappa shape index (κ1) is 20.6. The molecule has 0 spiro atoms. The van der Waals surface area contributed by atoms with E-state index in [1.807, 2.05) is 12.1 Å². The van der Waals surface area contributed by atoms with Crippen LogP contribution in [0.2, 0.25) is 0 Å². The number of nitrogens with one attached hydrogen (secondary N) is 2. The number of hydrogen-bond acceptors (Lipinski definition) is 4. The summed E-state index contributed by atoms with van der Waals surface area (Å²) in [6.07, 6.45) is 1.10. The molecule has 0 saturated heterocycles. The number of nitrogens with two attached hydrogens (primary N) is 1. The van der Waals surface area contributed by atoms with Gasteiger partial charge in [-0.2, -0.15) is 0 Å². The lowest BCUT2D eigenvalue weighted by molar-refractivity contribution is 0.329. The van der Waals surface area contributed by atoms with E-state index in [-0.39, 0.29) is 0 Å². The van der Waals surface area contributed by atoms with Gasteiger partial charge in [-0.3, -0.25) is 4.72 Å². The van der Waals surface area contributed by atoms with Crippen LogP contribution >= 0.6 is 0 Å². The molecule has 0 atom stereocenters. The minimum Gasteiger partial charge on any atom is -0.492 e. The van der Waals surface area contributed by atoms with Gasteiger partial charge in [-0.05, 0) is 47.9 Å². The Hall–Kier alpha value is -2.74. The van der Waals surface area contributed by atoms with E-state index >= 15 is 0 Å².